The molecule has 0 aromatic heterocycles. The zero-order chi connectivity index (χ0) is 38.5. The SMILES string of the molecule is C#CCN(C(=O)NCc1ccc(OC)cc1)N1CCN(Cc2cccc3ccccc23)C(=O)[C@H](Cc2ccc(OC(=O)NCCN(C)C)cc2)NC(=O)C1. The first-order valence-corrected chi connectivity index (χ1v) is 17.7. The molecule has 1 atom stereocenters. The van der Waals surface area contributed by atoms with Crippen molar-refractivity contribution in [1.29, 1.82) is 0 Å². The van der Waals surface area contributed by atoms with Crippen molar-refractivity contribution in [3.63, 3.8) is 0 Å². The lowest BCUT2D eigenvalue weighted by atomic mass is 10.0. The maximum atomic E-state index is 14.4. The fourth-order valence-electron chi connectivity index (χ4n) is 6.10. The van der Waals surface area contributed by atoms with Crippen LogP contribution < -0.4 is 25.4 Å². The number of rotatable bonds is 13. The minimum absolute atomic E-state index is 0.0927. The summed E-state index contributed by atoms with van der Waals surface area (Å²) in [6.07, 6.45) is 5.34. The van der Waals surface area contributed by atoms with Crippen LogP contribution in [0.1, 0.15) is 16.7 Å². The summed E-state index contributed by atoms with van der Waals surface area (Å²) in [5.74, 6) is 2.86. The van der Waals surface area contributed by atoms with E-state index in [1.165, 1.54) is 5.01 Å². The summed E-state index contributed by atoms with van der Waals surface area (Å²) in [4.78, 5) is 57.5. The Labute approximate surface area is 316 Å². The predicted octanol–water partition coefficient (Wildman–Crippen LogP) is 3.63. The molecule has 13 nitrogen and oxygen atoms in total. The average molecular weight is 734 g/mol. The van der Waals surface area contributed by atoms with E-state index in [0.717, 1.165) is 27.5 Å². The Kier molecular flexibility index (Phi) is 13.8. The highest BCUT2D eigenvalue weighted by molar-refractivity contribution is 5.90. The standard InChI is InChI=1S/C41H47N7O6/c1-5-22-48(40(51)43-27-31-15-17-34(53-4)18-16-31)47-25-24-46(28-33-11-8-10-32-9-6-7-12-36(32)33)39(50)37(44-38(49)29-47)26-30-13-19-35(20-14-30)54-41(52)42-21-23-45(2)3/h1,6-20,37H,21-29H2,2-4H3,(H,42,52)(H,43,51)(H,44,49)/t37-/m0/s1. The van der Waals surface area contributed by atoms with Crippen LogP contribution in [0.2, 0.25) is 0 Å². The van der Waals surface area contributed by atoms with Gasteiger partial charge in [-0.15, -0.1) is 6.42 Å². The summed E-state index contributed by atoms with van der Waals surface area (Å²) in [5, 5.41) is 13.5. The quantitative estimate of drug-likeness (QED) is 0.178. The van der Waals surface area contributed by atoms with Gasteiger partial charge >= 0.3 is 12.1 Å². The number of hydrogen-bond donors (Lipinski definition) is 3. The number of nitrogens with one attached hydrogen (secondary N) is 3. The molecule has 13 heteroatoms. The fraction of sp³-hybridized carbons (Fsp3) is 0.317. The third-order valence-electron chi connectivity index (χ3n) is 8.96. The van der Waals surface area contributed by atoms with Gasteiger partial charge in [0.05, 0.1) is 20.2 Å². The second-order valence-electron chi connectivity index (χ2n) is 13.1. The van der Waals surface area contributed by atoms with Crippen LogP contribution >= 0.6 is 0 Å². The molecule has 0 aliphatic carbocycles. The van der Waals surface area contributed by atoms with Crippen LogP contribution in [0.4, 0.5) is 9.59 Å². The molecular formula is C41H47N7O6. The number of fused-ring (bicyclic) bond motifs is 1. The van der Waals surface area contributed by atoms with Gasteiger partial charge in [-0.25, -0.2) is 19.6 Å². The van der Waals surface area contributed by atoms with Gasteiger partial charge in [0, 0.05) is 45.7 Å². The minimum Gasteiger partial charge on any atom is -0.497 e. The smallest absolute Gasteiger partial charge is 0.412 e. The van der Waals surface area contributed by atoms with E-state index in [1.807, 2.05) is 73.6 Å². The molecule has 4 aromatic rings. The average Bonchev–Trinajstić information content (AvgIpc) is 3.22. The highest BCUT2D eigenvalue weighted by atomic mass is 16.6. The molecule has 1 aliphatic rings. The van der Waals surface area contributed by atoms with Crippen molar-refractivity contribution in [2.75, 3.05) is 60.5 Å². The Morgan fingerprint density at radius 3 is 2.33 bits per heavy atom. The molecule has 0 unspecified atom stereocenters. The Morgan fingerprint density at radius 1 is 0.907 bits per heavy atom. The maximum absolute atomic E-state index is 14.4. The summed E-state index contributed by atoms with van der Waals surface area (Å²) in [7, 11) is 5.41. The van der Waals surface area contributed by atoms with Crippen molar-refractivity contribution >= 4 is 34.7 Å². The number of amides is 5. The van der Waals surface area contributed by atoms with Crippen molar-refractivity contribution in [3.05, 3.63) is 108 Å². The molecule has 282 valence electrons. The topological polar surface area (TPSA) is 136 Å². The van der Waals surface area contributed by atoms with Crippen molar-refractivity contribution in [1.82, 2.24) is 35.8 Å². The van der Waals surface area contributed by atoms with Crippen molar-refractivity contribution in [2.24, 2.45) is 0 Å². The zero-order valence-corrected chi connectivity index (χ0v) is 30.9. The van der Waals surface area contributed by atoms with E-state index in [4.69, 9.17) is 15.9 Å². The molecule has 54 heavy (non-hydrogen) atoms. The molecule has 1 fully saturated rings. The molecule has 4 aromatic carbocycles. The third kappa shape index (κ3) is 11.0. The molecule has 1 heterocycles. The highest BCUT2D eigenvalue weighted by Gasteiger charge is 2.32. The molecule has 0 spiro atoms. The number of urea groups is 1. The van der Waals surface area contributed by atoms with Gasteiger partial charge in [0.15, 0.2) is 0 Å². The van der Waals surface area contributed by atoms with Gasteiger partial charge in [0.1, 0.15) is 17.5 Å². The summed E-state index contributed by atoms with van der Waals surface area (Å²) in [6, 6.07) is 26.7. The fourth-order valence-corrected chi connectivity index (χ4v) is 6.10. The number of methoxy groups -OCH3 is 1. The van der Waals surface area contributed by atoms with E-state index in [-0.39, 0.29) is 51.6 Å². The monoisotopic (exact) mass is 733 g/mol. The lowest BCUT2D eigenvalue weighted by Gasteiger charge is -2.34. The lowest BCUT2D eigenvalue weighted by Crippen LogP contribution is -2.55. The summed E-state index contributed by atoms with van der Waals surface area (Å²) >= 11 is 0. The van der Waals surface area contributed by atoms with E-state index in [0.29, 0.717) is 24.6 Å². The Bertz CT molecular complexity index is 1940. The number of hydrazine groups is 1. The van der Waals surface area contributed by atoms with Crippen molar-refractivity contribution in [2.45, 2.75) is 25.6 Å². The van der Waals surface area contributed by atoms with Crippen LogP contribution in [0.5, 0.6) is 11.5 Å². The largest absolute Gasteiger partial charge is 0.497 e. The number of likely N-dealkylation sites (N-methyl/N-ethyl adjacent to an activating group) is 1. The number of carbonyl (C=O) groups is 4. The van der Waals surface area contributed by atoms with E-state index in [1.54, 1.807) is 53.4 Å². The number of nitrogens with zero attached hydrogens (tertiary/aromatic N) is 4. The Balaban J connectivity index is 1.36. The van der Waals surface area contributed by atoms with Gasteiger partial charge < -0.3 is 35.2 Å². The molecule has 0 bridgehead atoms. The van der Waals surface area contributed by atoms with Gasteiger partial charge in [-0.2, -0.15) is 0 Å². The van der Waals surface area contributed by atoms with Crippen LogP contribution in [0.25, 0.3) is 10.8 Å². The number of terminal acetylenes is 1. The number of benzene rings is 4. The molecule has 3 N–H and O–H groups in total. The van der Waals surface area contributed by atoms with E-state index < -0.39 is 24.1 Å². The number of ether oxygens (including phenoxy) is 2. The highest BCUT2D eigenvalue weighted by Crippen LogP contribution is 2.22. The van der Waals surface area contributed by atoms with Gasteiger partial charge in [0.25, 0.3) is 0 Å². The number of hydrogen-bond acceptors (Lipinski definition) is 8. The molecule has 5 amide bonds. The number of carbonyl (C=O) groups excluding carboxylic acids is 4. The molecule has 0 radical (unpaired) electrons. The van der Waals surface area contributed by atoms with Crippen molar-refractivity contribution < 1.29 is 28.7 Å². The van der Waals surface area contributed by atoms with Gasteiger partial charge in [-0.3, -0.25) is 9.59 Å². The Morgan fingerprint density at radius 2 is 1.61 bits per heavy atom. The second-order valence-corrected chi connectivity index (χ2v) is 13.1. The van der Waals surface area contributed by atoms with Gasteiger partial charge in [0.2, 0.25) is 11.8 Å². The van der Waals surface area contributed by atoms with Crippen LogP contribution in [-0.4, -0.2) is 110 Å². The first-order valence-electron chi connectivity index (χ1n) is 17.7. The van der Waals surface area contributed by atoms with Crippen LogP contribution in [-0.2, 0) is 29.1 Å². The summed E-state index contributed by atoms with van der Waals surface area (Å²) < 4.78 is 10.6. The van der Waals surface area contributed by atoms with Crippen LogP contribution in [0, 0.1) is 12.3 Å². The maximum Gasteiger partial charge on any atom is 0.412 e. The predicted molar refractivity (Wildman–Crippen MR) is 206 cm³/mol. The summed E-state index contributed by atoms with van der Waals surface area (Å²) in [6.45, 7) is 1.67. The molecule has 1 saturated heterocycles. The lowest BCUT2D eigenvalue weighted by molar-refractivity contribution is -0.136. The van der Waals surface area contributed by atoms with Crippen molar-refractivity contribution in [3.8, 4) is 23.8 Å². The first-order chi connectivity index (χ1) is 26.1. The van der Waals surface area contributed by atoms with Crippen LogP contribution in [0.3, 0.4) is 0 Å². The van der Waals surface area contributed by atoms with E-state index in [2.05, 4.69) is 21.9 Å². The first kappa shape index (κ1) is 39.1. The molecular weight excluding hydrogens is 686 g/mol. The summed E-state index contributed by atoms with van der Waals surface area (Å²) in [5.41, 5.74) is 2.55. The van der Waals surface area contributed by atoms with Gasteiger partial charge in [-0.05, 0) is 65.8 Å². The third-order valence-corrected chi connectivity index (χ3v) is 8.96. The van der Waals surface area contributed by atoms with E-state index >= 15 is 0 Å². The molecule has 0 saturated carbocycles. The minimum atomic E-state index is -0.918. The van der Waals surface area contributed by atoms with Crippen LogP contribution in [0.15, 0.2) is 91.0 Å². The van der Waals surface area contributed by atoms with Gasteiger partial charge in [-0.1, -0.05) is 72.7 Å². The zero-order valence-electron chi connectivity index (χ0n) is 30.9. The Hall–Kier alpha value is -6.10. The van der Waals surface area contributed by atoms with E-state index in [9.17, 15) is 19.2 Å². The molecule has 1 aliphatic heterocycles. The normalized spacial score (nSPS) is 15.0. The second kappa shape index (κ2) is 19.1. The molecule has 5 rings (SSSR count).